The first-order valence-electron chi connectivity index (χ1n) is 11.4. The van der Waals surface area contributed by atoms with Crippen LogP contribution in [0.1, 0.15) is 55.1 Å². The summed E-state index contributed by atoms with van der Waals surface area (Å²) in [6.45, 7) is 11.1. The molecule has 1 aliphatic rings. The average Bonchev–Trinajstić information content (AvgIpc) is 3.43. The van der Waals surface area contributed by atoms with Crippen LogP contribution in [0, 0.1) is 34.6 Å². The lowest BCUT2D eigenvalue weighted by molar-refractivity contribution is 0.0952. The number of carbonyl (C=O) groups is 1. The Kier molecular flexibility index (Phi) is 5.48. The second-order valence-electron chi connectivity index (χ2n) is 8.98. The van der Waals surface area contributed by atoms with Crippen molar-refractivity contribution in [2.24, 2.45) is 0 Å². The monoisotopic (exact) mass is 456 g/mol. The van der Waals surface area contributed by atoms with E-state index in [1.807, 2.05) is 32.0 Å². The maximum absolute atomic E-state index is 13.0. The fraction of sp³-hybridized carbons (Fsp3) is 0.296. The van der Waals surface area contributed by atoms with E-state index in [1.165, 1.54) is 22.3 Å². The van der Waals surface area contributed by atoms with E-state index in [-0.39, 0.29) is 12.7 Å². The highest BCUT2D eigenvalue weighted by atomic mass is 16.7. The Morgan fingerprint density at radius 2 is 1.74 bits per heavy atom. The van der Waals surface area contributed by atoms with Crippen molar-refractivity contribution >= 4 is 11.6 Å². The van der Waals surface area contributed by atoms with Gasteiger partial charge < -0.3 is 14.8 Å². The van der Waals surface area contributed by atoms with Crippen LogP contribution in [-0.2, 0) is 13.0 Å². The number of fused-ring (bicyclic) bond motifs is 2. The zero-order chi connectivity index (χ0) is 24.0. The number of nitrogens with one attached hydrogen (secondary N) is 1. The second-order valence-corrected chi connectivity index (χ2v) is 8.98. The number of hydrogen-bond acceptors (Lipinski definition) is 5. The molecule has 3 heterocycles. The standard InChI is InChI=1S/C27H28N4O3/c1-15-8-16(2)21(17(3)9-15)11-22-18(4)30-26-23(13-29-31(26)19(22)5)27(32)28-12-20-6-7-24-25(10-20)34-14-33-24/h6-10,13H,11-12,14H2,1-5H3,(H,28,32). The zero-order valence-electron chi connectivity index (χ0n) is 20.2. The molecule has 0 atom stereocenters. The first kappa shape index (κ1) is 21.9. The van der Waals surface area contributed by atoms with Gasteiger partial charge in [0.15, 0.2) is 17.1 Å². The number of ether oxygens (including phenoxy) is 2. The minimum atomic E-state index is -0.211. The first-order valence-corrected chi connectivity index (χ1v) is 11.4. The Morgan fingerprint density at radius 3 is 2.50 bits per heavy atom. The molecule has 1 N–H and O–H groups in total. The number of aromatic nitrogens is 3. The molecule has 1 aliphatic heterocycles. The van der Waals surface area contributed by atoms with Crippen LogP contribution >= 0.6 is 0 Å². The van der Waals surface area contributed by atoms with E-state index < -0.39 is 0 Å². The molecule has 0 saturated carbocycles. The number of hydrogen-bond donors (Lipinski definition) is 1. The van der Waals surface area contributed by atoms with E-state index in [0.29, 0.717) is 23.5 Å². The summed E-state index contributed by atoms with van der Waals surface area (Å²) >= 11 is 0. The van der Waals surface area contributed by atoms with Gasteiger partial charge >= 0.3 is 0 Å². The Bertz CT molecular complexity index is 1410. The highest BCUT2D eigenvalue weighted by molar-refractivity contribution is 5.99. The Balaban J connectivity index is 1.40. The molecule has 2 aromatic heterocycles. The first-order chi connectivity index (χ1) is 16.3. The van der Waals surface area contributed by atoms with Crippen molar-refractivity contribution in [1.82, 2.24) is 19.9 Å². The minimum Gasteiger partial charge on any atom is -0.454 e. The van der Waals surface area contributed by atoms with Gasteiger partial charge in [-0.05, 0) is 74.6 Å². The van der Waals surface area contributed by atoms with Gasteiger partial charge in [0, 0.05) is 24.4 Å². The lowest BCUT2D eigenvalue weighted by atomic mass is 9.93. The van der Waals surface area contributed by atoms with Gasteiger partial charge in [-0.3, -0.25) is 4.79 Å². The van der Waals surface area contributed by atoms with Crippen molar-refractivity contribution in [2.45, 2.75) is 47.6 Å². The number of nitrogens with zero attached hydrogens (tertiary/aromatic N) is 3. The van der Waals surface area contributed by atoms with Gasteiger partial charge in [-0.15, -0.1) is 0 Å². The van der Waals surface area contributed by atoms with Crippen LogP contribution in [0.15, 0.2) is 36.5 Å². The van der Waals surface area contributed by atoms with E-state index in [1.54, 1.807) is 10.7 Å². The zero-order valence-corrected chi connectivity index (χ0v) is 20.2. The van der Waals surface area contributed by atoms with Crippen LogP contribution in [0.5, 0.6) is 11.5 Å². The summed E-state index contributed by atoms with van der Waals surface area (Å²) in [7, 11) is 0. The summed E-state index contributed by atoms with van der Waals surface area (Å²) in [4.78, 5) is 17.8. The lowest BCUT2D eigenvalue weighted by Crippen LogP contribution is -2.23. The van der Waals surface area contributed by atoms with Crippen LogP contribution < -0.4 is 14.8 Å². The minimum absolute atomic E-state index is 0.211. The molecule has 174 valence electrons. The van der Waals surface area contributed by atoms with Gasteiger partial charge in [-0.2, -0.15) is 5.10 Å². The van der Waals surface area contributed by atoms with Crippen LogP contribution in [0.4, 0.5) is 0 Å². The van der Waals surface area contributed by atoms with E-state index in [2.05, 4.69) is 43.3 Å². The van der Waals surface area contributed by atoms with E-state index in [4.69, 9.17) is 14.5 Å². The molecule has 0 fully saturated rings. The number of carbonyl (C=O) groups excluding carboxylic acids is 1. The molecule has 7 heteroatoms. The number of amides is 1. The quantitative estimate of drug-likeness (QED) is 0.478. The Morgan fingerprint density at radius 1 is 1.00 bits per heavy atom. The number of benzene rings is 2. The molecule has 4 aromatic rings. The van der Waals surface area contributed by atoms with Crippen LogP contribution in [-0.4, -0.2) is 27.3 Å². The average molecular weight is 457 g/mol. The maximum Gasteiger partial charge on any atom is 0.257 e. The molecule has 0 radical (unpaired) electrons. The van der Waals surface area contributed by atoms with Crippen LogP contribution in [0.25, 0.3) is 5.65 Å². The number of rotatable bonds is 5. The molecule has 2 aromatic carbocycles. The second kappa shape index (κ2) is 8.48. The van der Waals surface area contributed by atoms with Crippen molar-refractivity contribution in [3.63, 3.8) is 0 Å². The van der Waals surface area contributed by atoms with Crippen LogP contribution in [0.3, 0.4) is 0 Å². The molecule has 7 nitrogen and oxygen atoms in total. The third kappa shape index (κ3) is 3.87. The fourth-order valence-corrected chi connectivity index (χ4v) is 4.72. The normalized spacial score (nSPS) is 12.4. The molecule has 0 unspecified atom stereocenters. The summed E-state index contributed by atoms with van der Waals surface area (Å²) in [5.74, 6) is 1.21. The molecule has 0 aliphatic carbocycles. The molecule has 0 bridgehead atoms. The largest absolute Gasteiger partial charge is 0.454 e. The Labute approximate surface area is 198 Å². The fourth-order valence-electron chi connectivity index (χ4n) is 4.72. The summed E-state index contributed by atoms with van der Waals surface area (Å²) in [5, 5.41) is 7.47. The summed E-state index contributed by atoms with van der Waals surface area (Å²) in [6.07, 6.45) is 2.37. The molecule has 1 amide bonds. The van der Waals surface area contributed by atoms with Crippen molar-refractivity contribution in [3.05, 3.63) is 86.9 Å². The summed E-state index contributed by atoms with van der Waals surface area (Å²) in [5.41, 5.74) is 10.1. The van der Waals surface area contributed by atoms with Crippen molar-refractivity contribution in [3.8, 4) is 11.5 Å². The lowest BCUT2D eigenvalue weighted by Gasteiger charge is -2.15. The van der Waals surface area contributed by atoms with E-state index >= 15 is 0 Å². The maximum atomic E-state index is 13.0. The van der Waals surface area contributed by atoms with Crippen LogP contribution in [0.2, 0.25) is 0 Å². The highest BCUT2D eigenvalue weighted by Crippen LogP contribution is 2.32. The van der Waals surface area contributed by atoms with Crippen molar-refractivity contribution < 1.29 is 14.3 Å². The van der Waals surface area contributed by atoms with Gasteiger partial charge in [-0.25, -0.2) is 9.50 Å². The smallest absolute Gasteiger partial charge is 0.257 e. The predicted molar refractivity (Wildman–Crippen MR) is 130 cm³/mol. The Hall–Kier alpha value is -3.87. The van der Waals surface area contributed by atoms with Crippen molar-refractivity contribution in [2.75, 3.05) is 6.79 Å². The van der Waals surface area contributed by atoms with Crippen molar-refractivity contribution in [1.29, 1.82) is 0 Å². The molecule has 0 spiro atoms. The molecule has 5 rings (SSSR count). The molecular weight excluding hydrogens is 428 g/mol. The summed E-state index contributed by atoms with van der Waals surface area (Å²) in [6, 6.07) is 10.1. The number of aryl methyl sites for hydroxylation is 5. The molecule has 0 saturated heterocycles. The molecule has 34 heavy (non-hydrogen) atoms. The molecular formula is C27H28N4O3. The topological polar surface area (TPSA) is 77.8 Å². The SMILES string of the molecule is Cc1cc(C)c(Cc2c(C)nc3c(C(=O)NCc4ccc5c(c4)OCO5)cnn3c2C)c(C)c1. The van der Waals surface area contributed by atoms with E-state index in [0.717, 1.165) is 34.7 Å². The van der Waals surface area contributed by atoms with Gasteiger partial charge in [0.25, 0.3) is 5.91 Å². The highest BCUT2D eigenvalue weighted by Gasteiger charge is 2.20. The predicted octanol–water partition coefficient (Wildman–Crippen LogP) is 4.52. The van der Waals surface area contributed by atoms with Gasteiger partial charge in [0.2, 0.25) is 6.79 Å². The van der Waals surface area contributed by atoms with E-state index in [9.17, 15) is 4.79 Å². The van der Waals surface area contributed by atoms with Gasteiger partial charge in [0.1, 0.15) is 5.56 Å². The third-order valence-electron chi connectivity index (χ3n) is 6.54. The third-order valence-corrected chi connectivity index (χ3v) is 6.54. The van der Waals surface area contributed by atoms with Gasteiger partial charge in [-0.1, -0.05) is 23.8 Å². The summed E-state index contributed by atoms with van der Waals surface area (Å²) < 4.78 is 12.5. The van der Waals surface area contributed by atoms with Gasteiger partial charge in [0.05, 0.1) is 6.20 Å².